The van der Waals surface area contributed by atoms with Crippen LogP contribution in [0.15, 0.2) is 11.6 Å². The molecule has 0 radical (unpaired) electrons. The summed E-state index contributed by atoms with van der Waals surface area (Å²) in [7, 11) is 0. The summed E-state index contributed by atoms with van der Waals surface area (Å²) in [5.41, 5.74) is 1.54. The lowest BCUT2D eigenvalue weighted by Crippen LogP contribution is -2.34. The summed E-state index contributed by atoms with van der Waals surface area (Å²) in [5.74, 6) is 2.26. The smallest absolute Gasteiger partial charge is 0.0662 e. The van der Waals surface area contributed by atoms with Crippen LogP contribution >= 0.6 is 11.6 Å². The van der Waals surface area contributed by atoms with Gasteiger partial charge in [-0.2, -0.15) is 0 Å². The van der Waals surface area contributed by atoms with Crippen LogP contribution in [0.4, 0.5) is 0 Å². The maximum Gasteiger partial charge on any atom is 0.0662 e. The van der Waals surface area contributed by atoms with E-state index >= 15 is 0 Å². The highest BCUT2D eigenvalue weighted by molar-refractivity contribution is 6.25. The molecule has 1 aliphatic rings. The Morgan fingerprint density at radius 2 is 2.13 bits per heavy atom. The minimum Gasteiger partial charge on any atom is -0.374 e. The van der Waals surface area contributed by atoms with Gasteiger partial charge >= 0.3 is 0 Å². The van der Waals surface area contributed by atoms with Gasteiger partial charge in [-0.05, 0) is 36.7 Å². The summed E-state index contributed by atoms with van der Waals surface area (Å²) in [6.45, 7) is 7.58. The van der Waals surface area contributed by atoms with E-state index in [1.54, 1.807) is 0 Å². The van der Waals surface area contributed by atoms with E-state index < -0.39 is 0 Å². The Labute approximate surface area is 98.8 Å². The van der Waals surface area contributed by atoms with Crippen LogP contribution in [0.1, 0.15) is 40.0 Å². The van der Waals surface area contributed by atoms with Crippen molar-refractivity contribution in [2.75, 3.05) is 6.61 Å². The minimum atomic E-state index is 0.432. The predicted octanol–water partition coefficient (Wildman–Crippen LogP) is 4.22. The molecule has 0 unspecified atom stereocenters. The molecule has 3 atom stereocenters. The van der Waals surface area contributed by atoms with E-state index in [2.05, 4.69) is 20.8 Å². The number of halogens is 1. The molecule has 1 aliphatic carbocycles. The first-order valence-corrected chi connectivity index (χ1v) is 6.45. The first kappa shape index (κ1) is 13.1. The van der Waals surface area contributed by atoms with E-state index in [0.717, 1.165) is 17.8 Å². The van der Waals surface area contributed by atoms with E-state index in [9.17, 15) is 0 Å². The van der Waals surface area contributed by atoms with Crippen LogP contribution < -0.4 is 0 Å². The van der Waals surface area contributed by atoms with Crippen LogP contribution in [0, 0.1) is 17.8 Å². The van der Waals surface area contributed by atoms with Gasteiger partial charge in [-0.3, -0.25) is 0 Å². The van der Waals surface area contributed by atoms with Crippen molar-refractivity contribution in [1.29, 1.82) is 0 Å². The summed E-state index contributed by atoms with van der Waals surface area (Å²) in [6, 6.07) is 0. The topological polar surface area (TPSA) is 9.23 Å². The summed E-state index contributed by atoms with van der Waals surface area (Å²) in [6.07, 6.45) is 6.18. The zero-order valence-corrected chi connectivity index (χ0v) is 10.8. The second kappa shape index (κ2) is 6.55. The Hall–Kier alpha value is -0.0100. The lowest BCUT2D eigenvalue weighted by Gasteiger charge is -2.36. The van der Waals surface area contributed by atoms with E-state index in [4.69, 9.17) is 16.3 Å². The van der Waals surface area contributed by atoms with Crippen molar-refractivity contribution in [1.82, 2.24) is 0 Å². The molecule has 88 valence electrons. The molecule has 1 rings (SSSR count). The molecule has 0 aliphatic heterocycles. The zero-order chi connectivity index (χ0) is 11.3. The third-order valence-electron chi connectivity index (χ3n) is 3.46. The number of ether oxygens (including phenoxy) is 1. The van der Waals surface area contributed by atoms with Gasteiger partial charge in [0.1, 0.15) is 0 Å². The molecule has 0 saturated heterocycles. The minimum absolute atomic E-state index is 0.432. The Kier molecular flexibility index (Phi) is 5.70. The van der Waals surface area contributed by atoms with Crippen LogP contribution in [0.3, 0.4) is 0 Å². The SMILES string of the molecule is CC(C)[C@@H]1CC[C@@H](C)C[C@H]1OC/C=C\Cl. The molecule has 0 spiro atoms. The first-order chi connectivity index (χ1) is 7.15. The molecular formula is C13H23ClO. The number of hydrogen-bond donors (Lipinski definition) is 0. The third kappa shape index (κ3) is 4.16. The molecule has 0 aromatic carbocycles. The van der Waals surface area contributed by atoms with Crippen molar-refractivity contribution >= 4 is 11.6 Å². The monoisotopic (exact) mass is 230 g/mol. The van der Waals surface area contributed by atoms with Crippen molar-refractivity contribution < 1.29 is 4.74 Å². The quantitative estimate of drug-likeness (QED) is 0.703. The maximum atomic E-state index is 5.90. The van der Waals surface area contributed by atoms with Crippen molar-refractivity contribution in [3.05, 3.63) is 11.6 Å². The van der Waals surface area contributed by atoms with Crippen molar-refractivity contribution in [3.8, 4) is 0 Å². The Balaban J connectivity index is 2.46. The molecule has 0 aromatic heterocycles. The Morgan fingerprint density at radius 3 is 2.73 bits per heavy atom. The van der Waals surface area contributed by atoms with Crippen molar-refractivity contribution in [2.45, 2.75) is 46.1 Å². The van der Waals surface area contributed by atoms with Gasteiger partial charge in [0.2, 0.25) is 0 Å². The largest absolute Gasteiger partial charge is 0.374 e. The van der Waals surface area contributed by atoms with Gasteiger partial charge in [0, 0.05) is 5.54 Å². The van der Waals surface area contributed by atoms with Crippen molar-refractivity contribution in [3.63, 3.8) is 0 Å². The fraction of sp³-hybridized carbons (Fsp3) is 0.846. The zero-order valence-electron chi connectivity index (χ0n) is 10.1. The van der Waals surface area contributed by atoms with E-state index in [1.807, 2.05) is 6.08 Å². The first-order valence-electron chi connectivity index (χ1n) is 6.02. The molecule has 1 fully saturated rings. The van der Waals surface area contributed by atoms with Gasteiger partial charge in [-0.15, -0.1) is 0 Å². The Bertz CT molecular complexity index is 201. The third-order valence-corrected chi connectivity index (χ3v) is 3.64. The van der Waals surface area contributed by atoms with E-state index in [-0.39, 0.29) is 0 Å². The van der Waals surface area contributed by atoms with Crippen molar-refractivity contribution in [2.24, 2.45) is 17.8 Å². The molecule has 0 N–H and O–H groups in total. The standard InChI is InChI=1S/C13H23ClO/c1-10(2)12-6-5-11(3)9-13(12)15-8-4-7-14/h4,7,10-13H,5-6,8-9H2,1-3H3/b7-4-/t11-,12+,13-/m1/s1. The van der Waals surface area contributed by atoms with E-state index in [0.29, 0.717) is 12.7 Å². The van der Waals surface area contributed by atoms with Crippen LogP contribution in [0.2, 0.25) is 0 Å². The highest BCUT2D eigenvalue weighted by atomic mass is 35.5. The van der Waals surface area contributed by atoms with Gasteiger partial charge in [-0.1, -0.05) is 38.8 Å². The van der Waals surface area contributed by atoms with Crippen LogP contribution in [-0.2, 0) is 4.74 Å². The average Bonchev–Trinajstić information content (AvgIpc) is 2.18. The van der Waals surface area contributed by atoms with Crippen LogP contribution in [0.5, 0.6) is 0 Å². The van der Waals surface area contributed by atoms with Crippen LogP contribution in [-0.4, -0.2) is 12.7 Å². The molecule has 1 nitrogen and oxygen atoms in total. The molecule has 15 heavy (non-hydrogen) atoms. The van der Waals surface area contributed by atoms with Gasteiger partial charge < -0.3 is 4.74 Å². The highest BCUT2D eigenvalue weighted by Gasteiger charge is 2.30. The van der Waals surface area contributed by atoms with E-state index in [1.165, 1.54) is 24.8 Å². The van der Waals surface area contributed by atoms with Gasteiger partial charge in [0.05, 0.1) is 12.7 Å². The molecule has 1 saturated carbocycles. The second-order valence-corrected chi connectivity index (χ2v) is 5.31. The molecule has 0 aromatic rings. The molecule has 2 heteroatoms. The second-order valence-electron chi connectivity index (χ2n) is 5.06. The summed E-state index contributed by atoms with van der Waals surface area (Å²) >= 11 is 5.49. The number of hydrogen-bond acceptors (Lipinski definition) is 1. The number of rotatable bonds is 4. The summed E-state index contributed by atoms with van der Waals surface area (Å²) in [4.78, 5) is 0. The predicted molar refractivity (Wildman–Crippen MR) is 66.1 cm³/mol. The van der Waals surface area contributed by atoms with Crippen LogP contribution in [0.25, 0.3) is 0 Å². The lowest BCUT2D eigenvalue weighted by atomic mass is 9.75. The highest BCUT2D eigenvalue weighted by Crippen LogP contribution is 2.35. The normalized spacial score (nSPS) is 32.7. The molecule has 0 amide bonds. The molecule has 0 bridgehead atoms. The lowest BCUT2D eigenvalue weighted by molar-refractivity contribution is -0.0262. The molecular weight excluding hydrogens is 208 g/mol. The summed E-state index contributed by atoms with van der Waals surface area (Å²) < 4.78 is 5.90. The van der Waals surface area contributed by atoms with Gasteiger partial charge in [0.15, 0.2) is 0 Å². The van der Waals surface area contributed by atoms with Gasteiger partial charge in [0.25, 0.3) is 0 Å². The molecule has 0 heterocycles. The fourth-order valence-electron chi connectivity index (χ4n) is 2.52. The summed E-state index contributed by atoms with van der Waals surface area (Å²) in [5, 5.41) is 0. The average molecular weight is 231 g/mol. The fourth-order valence-corrected chi connectivity index (χ4v) is 2.59. The maximum absolute atomic E-state index is 5.90. The Morgan fingerprint density at radius 1 is 1.40 bits per heavy atom. The van der Waals surface area contributed by atoms with Gasteiger partial charge in [-0.25, -0.2) is 0 Å².